The van der Waals surface area contributed by atoms with Crippen molar-refractivity contribution in [1.29, 1.82) is 0 Å². The average molecular weight is 401 g/mol. The van der Waals surface area contributed by atoms with Crippen LogP contribution in [0.5, 0.6) is 0 Å². The Morgan fingerprint density at radius 3 is 2.46 bits per heavy atom. The summed E-state index contributed by atoms with van der Waals surface area (Å²) in [5.74, 6) is 0.871. The first-order chi connectivity index (χ1) is 13.7. The Morgan fingerprint density at radius 1 is 1.07 bits per heavy atom. The molecule has 7 heteroatoms. The number of hydrogen-bond donors (Lipinski definition) is 2. The van der Waals surface area contributed by atoms with Gasteiger partial charge in [-0.3, -0.25) is 14.8 Å². The maximum absolute atomic E-state index is 4.40. The van der Waals surface area contributed by atoms with Crippen molar-refractivity contribution in [3.63, 3.8) is 0 Å². The Bertz CT molecular complexity index is 722. The Kier molecular flexibility index (Phi) is 8.26. The van der Waals surface area contributed by atoms with Crippen LogP contribution in [-0.4, -0.2) is 73.6 Å². The van der Waals surface area contributed by atoms with Gasteiger partial charge in [-0.25, -0.2) is 4.98 Å². The number of nitrogens with zero attached hydrogens (tertiary/aromatic N) is 4. The molecule has 1 aromatic heterocycles. The highest BCUT2D eigenvalue weighted by Gasteiger charge is 2.16. The Balaban J connectivity index is 1.28. The van der Waals surface area contributed by atoms with Gasteiger partial charge in [0.15, 0.2) is 5.96 Å². The molecule has 0 bridgehead atoms. The highest BCUT2D eigenvalue weighted by molar-refractivity contribution is 7.11. The molecule has 2 N–H and O–H groups in total. The van der Waals surface area contributed by atoms with Gasteiger partial charge in [0.2, 0.25) is 0 Å². The minimum Gasteiger partial charge on any atom is -0.356 e. The summed E-state index contributed by atoms with van der Waals surface area (Å²) in [4.78, 5) is 15.1. The molecule has 1 saturated heterocycles. The molecule has 2 heterocycles. The van der Waals surface area contributed by atoms with Crippen molar-refractivity contribution in [1.82, 2.24) is 25.4 Å². The van der Waals surface area contributed by atoms with E-state index in [1.54, 1.807) is 11.3 Å². The van der Waals surface area contributed by atoms with Crippen LogP contribution in [0.1, 0.15) is 15.4 Å². The van der Waals surface area contributed by atoms with Gasteiger partial charge < -0.3 is 10.6 Å². The van der Waals surface area contributed by atoms with Crippen LogP contribution in [0, 0.1) is 6.92 Å². The Labute approximate surface area is 172 Å². The molecule has 0 saturated carbocycles. The van der Waals surface area contributed by atoms with Crippen molar-refractivity contribution in [2.75, 3.05) is 52.9 Å². The number of aryl methyl sites for hydroxylation is 1. The van der Waals surface area contributed by atoms with Crippen molar-refractivity contribution >= 4 is 17.3 Å². The average Bonchev–Trinajstić information content (AvgIpc) is 3.14. The third kappa shape index (κ3) is 6.89. The van der Waals surface area contributed by atoms with E-state index >= 15 is 0 Å². The molecule has 0 radical (unpaired) electrons. The lowest BCUT2D eigenvalue weighted by atomic mass is 10.2. The van der Waals surface area contributed by atoms with Crippen LogP contribution >= 0.6 is 11.3 Å². The lowest BCUT2D eigenvalue weighted by molar-refractivity contribution is 0.129. The molecular formula is C21H32N6S. The fourth-order valence-electron chi connectivity index (χ4n) is 3.37. The van der Waals surface area contributed by atoms with E-state index in [2.05, 4.69) is 67.7 Å². The zero-order valence-corrected chi connectivity index (χ0v) is 17.8. The molecule has 0 amide bonds. The van der Waals surface area contributed by atoms with Gasteiger partial charge in [-0.05, 0) is 12.5 Å². The second-order valence-corrected chi connectivity index (χ2v) is 8.46. The second kappa shape index (κ2) is 11.1. The van der Waals surface area contributed by atoms with Crippen molar-refractivity contribution in [2.24, 2.45) is 4.99 Å². The van der Waals surface area contributed by atoms with E-state index in [0.717, 1.165) is 64.7 Å². The van der Waals surface area contributed by atoms with Crippen molar-refractivity contribution in [3.8, 4) is 0 Å². The van der Waals surface area contributed by atoms with Gasteiger partial charge in [0.05, 0.1) is 5.01 Å². The quantitative estimate of drug-likeness (QED) is 0.524. The first-order valence-corrected chi connectivity index (χ1v) is 10.9. The number of guanidine groups is 1. The first kappa shape index (κ1) is 20.8. The molecule has 1 aliphatic rings. The minimum absolute atomic E-state index is 0.852. The fraction of sp³-hybridized carbons (Fsp3) is 0.524. The summed E-state index contributed by atoms with van der Waals surface area (Å²) in [6.07, 6.45) is 2.87. The van der Waals surface area contributed by atoms with Crippen LogP contribution in [0.2, 0.25) is 0 Å². The standard InChI is InChI=1S/C21H32N6S/c1-18-16-25-20(28-18)8-9-23-21(22-2)24-10-11-26-12-14-27(15-13-26)17-19-6-4-3-5-7-19/h3-7,16H,8-15,17H2,1-2H3,(H2,22,23,24). The summed E-state index contributed by atoms with van der Waals surface area (Å²) in [5, 5.41) is 7.98. The Morgan fingerprint density at radius 2 is 1.79 bits per heavy atom. The molecule has 1 fully saturated rings. The molecule has 28 heavy (non-hydrogen) atoms. The van der Waals surface area contributed by atoms with E-state index in [1.807, 2.05) is 13.2 Å². The molecular weight excluding hydrogens is 368 g/mol. The molecule has 152 valence electrons. The smallest absolute Gasteiger partial charge is 0.191 e. The second-order valence-electron chi connectivity index (χ2n) is 7.14. The maximum Gasteiger partial charge on any atom is 0.191 e. The summed E-state index contributed by atoms with van der Waals surface area (Å²) in [7, 11) is 1.82. The molecule has 1 aliphatic heterocycles. The largest absolute Gasteiger partial charge is 0.356 e. The summed E-state index contributed by atoms with van der Waals surface area (Å²) in [6, 6.07) is 10.7. The number of piperazine rings is 1. The van der Waals surface area contributed by atoms with Gasteiger partial charge in [-0.2, -0.15) is 0 Å². The van der Waals surface area contributed by atoms with Crippen LogP contribution in [0.15, 0.2) is 41.5 Å². The van der Waals surface area contributed by atoms with Crippen LogP contribution in [-0.2, 0) is 13.0 Å². The summed E-state index contributed by atoms with van der Waals surface area (Å²) >= 11 is 1.76. The first-order valence-electron chi connectivity index (χ1n) is 10.1. The molecule has 0 unspecified atom stereocenters. The van der Waals surface area contributed by atoms with E-state index in [4.69, 9.17) is 0 Å². The highest BCUT2D eigenvalue weighted by atomic mass is 32.1. The molecule has 1 aromatic carbocycles. The SMILES string of the molecule is CN=C(NCCc1ncc(C)s1)NCCN1CCN(Cc2ccccc2)CC1. The zero-order valence-electron chi connectivity index (χ0n) is 17.0. The number of thiazole rings is 1. The van der Waals surface area contributed by atoms with Crippen LogP contribution in [0.25, 0.3) is 0 Å². The number of nitrogens with one attached hydrogen (secondary N) is 2. The minimum atomic E-state index is 0.852. The summed E-state index contributed by atoms with van der Waals surface area (Å²) < 4.78 is 0. The van der Waals surface area contributed by atoms with Crippen molar-refractivity contribution in [3.05, 3.63) is 52.0 Å². The number of aliphatic imine (C=N–C) groups is 1. The number of hydrogen-bond acceptors (Lipinski definition) is 5. The Hall–Kier alpha value is -1.96. The normalized spacial score (nSPS) is 16.3. The van der Waals surface area contributed by atoms with E-state index in [1.165, 1.54) is 15.4 Å². The molecule has 0 spiro atoms. The summed E-state index contributed by atoms with van der Waals surface area (Å²) in [5.41, 5.74) is 1.40. The van der Waals surface area contributed by atoms with Crippen molar-refractivity contribution < 1.29 is 0 Å². The number of benzene rings is 1. The zero-order chi connectivity index (χ0) is 19.6. The van der Waals surface area contributed by atoms with Crippen LogP contribution in [0.3, 0.4) is 0 Å². The lowest BCUT2D eigenvalue weighted by Gasteiger charge is -2.34. The van der Waals surface area contributed by atoms with E-state index in [9.17, 15) is 0 Å². The van der Waals surface area contributed by atoms with E-state index in [-0.39, 0.29) is 0 Å². The third-order valence-electron chi connectivity index (χ3n) is 4.96. The number of aromatic nitrogens is 1. The molecule has 3 rings (SSSR count). The van der Waals surface area contributed by atoms with Crippen molar-refractivity contribution in [2.45, 2.75) is 19.9 Å². The highest BCUT2D eigenvalue weighted by Crippen LogP contribution is 2.11. The van der Waals surface area contributed by atoms with Crippen LogP contribution < -0.4 is 10.6 Å². The van der Waals surface area contributed by atoms with Gasteiger partial charge in [-0.15, -0.1) is 11.3 Å². The van der Waals surface area contributed by atoms with E-state index < -0.39 is 0 Å². The van der Waals surface area contributed by atoms with Gasteiger partial charge in [0, 0.05) is 76.9 Å². The van der Waals surface area contributed by atoms with Gasteiger partial charge in [0.1, 0.15) is 0 Å². The summed E-state index contributed by atoms with van der Waals surface area (Å²) in [6.45, 7) is 10.5. The van der Waals surface area contributed by atoms with Gasteiger partial charge in [-0.1, -0.05) is 30.3 Å². The predicted octanol–water partition coefficient (Wildman–Crippen LogP) is 1.98. The molecule has 0 atom stereocenters. The van der Waals surface area contributed by atoms with E-state index in [0.29, 0.717) is 0 Å². The fourth-order valence-corrected chi connectivity index (χ4v) is 4.16. The maximum atomic E-state index is 4.40. The molecule has 6 nitrogen and oxygen atoms in total. The van der Waals surface area contributed by atoms with Crippen LogP contribution in [0.4, 0.5) is 0 Å². The lowest BCUT2D eigenvalue weighted by Crippen LogP contribution is -2.49. The number of rotatable bonds is 8. The topological polar surface area (TPSA) is 55.8 Å². The molecule has 0 aliphatic carbocycles. The third-order valence-corrected chi connectivity index (χ3v) is 5.93. The molecule has 2 aromatic rings. The van der Waals surface area contributed by atoms with Gasteiger partial charge >= 0.3 is 0 Å². The predicted molar refractivity (Wildman–Crippen MR) is 118 cm³/mol. The van der Waals surface area contributed by atoms with Gasteiger partial charge in [0.25, 0.3) is 0 Å². The monoisotopic (exact) mass is 400 g/mol.